The molecular formula is C20H29N3O6. The van der Waals surface area contributed by atoms with Crippen LogP contribution in [0.2, 0.25) is 0 Å². The summed E-state index contributed by atoms with van der Waals surface area (Å²) in [5.74, 6) is 0.721. The van der Waals surface area contributed by atoms with Crippen LogP contribution < -0.4 is 9.64 Å². The summed E-state index contributed by atoms with van der Waals surface area (Å²) in [6.07, 6.45) is -0.346. The molecular weight excluding hydrogens is 378 g/mol. The molecule has 1 aliphatic rings. The summed E-state index contributed by atoms with van der Waals surface area (Å²) >= 11 is 0. The quantitative estimate of drug-likeness (QED) is 0.480. The molecule has 160 valence electrons. The van der Waals surface area contributed by atoms with E-state index in [9.17, 15) is 20.4 Å². The lowest BCUT2D eigenvalue weighted by atomic mass is 10.0. The molecule has 0 aliphatic carbocycles. The minimum atomic E-state index is -1.37. The van der Waals surface area contributed by atoms with Crippen LogP contribution in [0.15, 0.2) is 36.8 Å². The molecule has 29 heavy (non-hydrogen) atoms. The first-order valence-electron chi connectivity index (χ1n) is 9.80. The molecule has 0 fully saturated rings. The van der Waals surface area contributed by atoms with Crippen LogP contribution in [0.25, 0.3) is 0 Å². The summed E-state index contributed by atoms with van der Waals surface area (Å²) in [6, 6.07) is 7.53. The van der Waals surface area contributed by atoms with Crippen LogP contribution in [0.5, 0.6) is 5.75 Å². The Morgan fingerprint density at radius 3 is 2.83 bits per heavy atom. The predicted molar refractivity (Wildman–Crippen MR) is 106 cm³/mol. The lowest BCUT2D eigenvalue weighted by Gasteiger charge is -2.33. The van der Waals surface area contributed by atoms with Gasteiger partial charge in [0.05, 0.1) is 37.9 Å². The van der Waals surface area contributed by atoms with Crippen LogP contribution in [0, 0.1) is 0 Å². The fourth-order valence-corrected chi connectivity index (χ4v) is 3.32. The molecule has 2 aromatic rings. The topological polar surface area (TPSA) is 131 Å². The summed E-state index contributed by atoms with van der Waals surface area (Å²) in [4.78, 5) is 8.94. The zero-order valence-electron chi connectivity index (χ0n) is 16.2. The van der Waals surface area contributed by atoms with Gasteiger partial charge in [-0.25, -0.2) is 4.98 Å². The van der Waals surface area contributed by atoms with Crippen molar-refractivity contribution in [1.29, 1.82) is 0 Å². The van der Waals surface area contributed by atoms with Gasteiger partial charge in [-0.3, -0.25) is 0 Å². The van der Waals surface area contributed by atoms with Gasteiger partial charge >= 0.3 is 0 Å². The minimum absolute atomic E-state index is 0.0711. The number of fused-ring (bicyclic) bond motifs is 2. The van der Waals surface area contributed by atoms with E-state index in [4.69, 9.17) is 9.47 Å². The zero-order valence-corrected chi connectivity index (χ0v) is 16.2. The number of hydrogen-bond donors (Lipinski definition) is 5. The van der Waals surface area contributed by atoms with Crippen molar-refractivity contribution in [2.75, 3.05) is 31.3 Å². The number of hydrogen-bond acceptors (Lipinski definition) is 8. The SMILES string of the molecule is OC[C@@H](O)[C@H]1OCCCCOc2cccc(c2)N(Cc2cnc[nH]2)C[C@@H](O)[C@H]1O. The molecule has 0 saturated heterocycles. The number of β-amino-alcohol motifs (C(OH)–C–C–N with tert-alkyl or cyclic N) is 1. The van der Waals surface area contributed by atoms with Crippen molar-refractivity contribution in [2.45, 2.75) is 43.8 Å². The summed E-state index contributed by atoms with van der Waals surface area (Å²) in [6.45, 7) is 0.693. The van der Waals surface area contributed by atoms with Gasteiger partial charge in [0.25, 0.3) is 0 Å². The Morgan fingerprint density at radius 2 is 2.07 bits per heavy atom. The van der Waals surface area contributed by atoms with Crippen LogP contribution >= 0.6 is 0 Å². The molecule has 2 bridgehead atoms. The van der Waals surface area contributed by atoms with Crippen LogP contribution in [0.1, 0.15) is 18.5 Å². The van der Waals surface area contributed by atoms with Crippen molar-refractivity contribution < 1.29 is 29.9 Å². The average molecular weight is 407 g/mol. The fraction of sp³-hybridized carbons (Fsp3) is 0.550. The number of aromatic amines is 1. The first-order valence-corrected chi connectivity index (χ1v) is 9.80. The van der Waals surface area contributed by atoms with E-state index < -0.39 is 31.0 Å². The van der Waals surface area contributed by atoms with Gasteiger partial charge in [0, 0.05) is 31.1 Å². The Bertz CT molecular complexity index is 729. The highest BCUT2D eigenvalue weighted by molar-refractivity contribution is 5.51. The predicted octanol–water partition coefficient (Wildman–Crippen LogP) is 0.0491. The van der Waals surface area contributed by atoms with Gasteiger partial charge in [0.15, 0.2) is 0 Å². The van der Waals surface area contributed by atoms with Gasteiger partial charge in [-0.05, 0) is 25.0 Å². The average Bonchev–Trinajstić information content (AvgIpc) is 3.24. The van der Waals surface area contributed by atoms with E-state index in [0.29, 0.717) is 19.6 Å². The summed E-state index contributed by atoms with van der Waals surface area (Å²) in [5, 5.41) is 40.7. The Morgan fingerprint density at radius 1 is 1.24 bits per heavy atom. The van der Waals surface area contributed by atoms with Crippen LogP contribution in [-0.2, 0) is 11.3 Å². The molecule has 0 unspecified atom stereocenters. The summed E-state index contributed by atoms with van der Waals surface area (Å²) in [7, 11) is 0. The maximum Gasteiger partial charge on any atom is 0.121 e. The Kier molecular flexibility index (Phi) is 7.84. The van der Waals surface area contributed by atoms with Crippen molar-refractivity contribution in [3.63, 3.8) is 0 Å². The number of H-pyrrole nitrogens is 1. The van der Waals surface area contributed by atoms with Crippen LogP contribution in [0.4, 0.5) is 5.69 Å². The molecule has 5 N–H and O–H groups in total. The van der Waals surface area contributed by atoms with E-state index in [2.05, 4.69) is 9.97 Å². The van der Waals surface area contributed by atoms with Gasteiger partial charge in [0.1, 0.15) is 24.1 Å². The van der Waals surface area contributed by atoms with Crippen molar-refractivity contribution in [3.05, 3.63) is 42.5 Å². The number of anilines is 1. The number of nitrogens with zero attached hydrogens (tertiary/aromatic N) is 2. The van der Waals surface area contributed by atoms with Gasteiger partial charge in [0.2, 0.25) is 0 Å². The number of imidazole rings is 1. The maximum absolute atomic E-state index is 10.7. The fourth-order valence-electron chi connectivity index (χ4n) is 3.32. The van der Waals surface area contributed by atoms with Gasteiger partial charge in [-0.2, -0.15) is 0 Å². The zero-order chi connectivity index (χ0) is 20.6. The first-order chi connectivity index (χ1) is 14.1. The number of aliphatic hydroxyl groups is 4. The molecule has 9 heteroatoms. The summed E-state index contributed by atoms with van der Waals surface area (Å²) in [5.41, 5.74) is 1.64. The molecule has 0 amide bonds. The normalized spacial score (nSPS) is 25.1. The highest BCUT2D eigenvalue weighted by atomic mass is 16.5. The van der Waals surface area contributed by atoms with Gasteiger partial charge in [-0.1, -0.05) is 6.07 Å². The molecule has 0 spiro atoms. The highest BCUT2D eigenvalue weighted by Crippen LogP contribution is 2.24. The number of benzene rings is 1. The third-order valence-corrected chi connectivity index (χ3v) is 4.92. The monoisotopic (exact) mass is 407 g/mol. The lowest BCUT2D eigenvalue weighted by molar-refractivity contribution is -0.141. The molecule has 1 aromatic heterocycles. The largest absolute Gasteiger partial charge is 0.494 e. The third-order valence-electron chi connectivity index (χ3n) is 4.92. The molecule has 4 atom stereocenters. The molecule has 1 aromatic carbocycles. The van der Waals surface area contributed by atoms with E-state index in [0.717, 1.165) is 23.6 Å². The number of rotatable bonds is 4. The Balaban J connectivity index is 1.87. The summed E-state index contributed by atoms with van der Waals surface area (Å²) < 4.78 is 11.4. The van der Waals surface area contributed by atoms with Crippen LogP contribution in [-0.4, -0.2) is 81.2 Å². The highest BCUT2D eigenvalue weighted by Gasteiger charge is 2.33. The number of nitrogens with one attached hydrogen (secondary N) is 1. The second-order valence-electron chi connectivity index (χ2n) is 7.15. The number of ether oxygens (including phenoxy) is 2. The van der Waals surface area contributed by atoms with Gasteiger partial charge in [-0.15, -0.1) is 0 Å². The smallest absolute Gasteiger partial charge is 0.121 e. The van der Waals surface area contributed by atoms with E-state index in [-0.39, 0.29) is 13.2 Å². The molecule has 0 saturated carbocycles. The maximum atomic E-state index is 10.7. The first kappa shape index (κ1) is 21.5. The second-order valence-corrected chi connectivity index (χ2v) is 7.15. The molecule has 2 heterocycles. The van der Waals surface area contributed by atoms with E-state index >= 15 is 0 Å². The molecule has 0 radical (unpaired) electrons. The molecule has 1 aliphatic heterocycles. The van der Waals surface area contributed by atoms with Crippen molar-refractivity contribution in [2.24, 2.45) is 0 Å². The van der Waals surface area contributed by atoms with E-state index in [1.807, 2.05) is 29.2 Å². The van der Waals surface area contributed by atoms with Crippen LogP contribution in [0.3, 0.4) is 0 Å². The molecule has 9 nitrogen and oxygen atoms in total. The Hall–Kier alpha value is -2.17. The van der Waals surface area contributed by atoms with E-state index in [1.165, 1.54) is 0 Å². The lowest BCUT2D eigenvalue weighted by Crippen LogP contribution is -2.51. The van der Waals surface area contributed by atoms with Gasteiger partial charge < -0.3 is 39.8 Å². The number of aromatic nitrogens is 2. The standard InChI is InChI=1S/C20H29N3O6/c24-12-18(26)20-19(27)17(25)11-23(10-14-9-21-13-22-14)15-4-3-5-16(8-15)28-6-1-2-7-29-20/h3-5,8-9,13,17-20,24-27H,1-2,6-7,10-12H2,(H,21,22)/t17-,18-,19-,20-/m1/s1. The Labute approximate surface area is 169 Å². The van der Waals surface area contributed by atoms with Crippen molar-refractivity contribution in [1.82, 2.24) is 9.97 Å². The molecule has 3 rings (SSSR count). The van der Waals surface area contributed by atoms with Crippen molar-refractivity contribution in [3.8, 4) is 5.75 Å². The van der Waals surface area contributed by atoms with E-state index in [1.54, 1.807) is 12.5 Å². The third kappa shape index (κ3) is 5.91. The minimum Gasteiger partial charge on any atom is -0.494 e. The number of aliphatic hydroxyl groups excluding tert-OH is 4. The van der Waals surface area contributed by atoms with Crippen molar-refractivity contribution >= 4 is 5.69 Å². The second kappa shape index (κ2) is 10.6.